The summed E-state index contributed by atoms with van der Waals surface area (Å²) < 4.78 is 13.0. The molecular formula is C15H11Cl2FN2O2. The number of hydrogen-bond donors (Lipinski definition) is 2. The number of amides is 1. The molecule has 2 aromatic carbocycles. The zero-order valence-corrected chi connectivity index (χ0v) is 12.9. The Kier molecular flexibility index (Phi) is 5.00. The molecule has 22 heavy (non-hydrogen) atoms. The highest BCUT2D eigenvalue weighted by Crippen LogP contribution is 2.21. The van der Waals surface area contributed by atoms with Gasteiger partial charge in [-0.2, -0.15) is 5.10 Å². The molecule has 0 unspecified atom stereocenters. The van der Waals surface area contributed by atoms with Gasteiger partial charge in [0.15, 0.2) is 0 Å². The number of carbonyl (C=O) groups excluding carboxylic acids is 1. The second-order valence-corrected chi connectivity index (χ2v) is 5.27. The first-order chi connectivity index (χ1) is 10.4. The van der Waals surface area contributed by atoms with E-state index in [4.69, 9.17) is 23.2 Å². The second-order valence-electron chi connectivity index (χ2n) is 4.42. The van der Waals surface area contributed by atoms with Crippen molar-refractivity contribution in [1.82, 2.24) is 5.43 Å². The fourth-order valence-corrected chi connectivity index (χ4v) is 2.20. The van der Waals surface area contributed by atoms with Crippen LogP contribution in [-0.4, -0.2) is 16.7 Å². The van der Waals surface area contributed by atoms with Gasteiger partial charge < -0.3 is 5.11 Å². The summed E-state index contributed by atoms with van der Waals surface area (Å²) in [6.45, 7) is 1.61. The Morgan fingerprint density at radius 2 is 1.91 bits per heavy atom. The van der Waals surface area contributed by atoms with Crippen molar-refractivity contribution in [2.24, 2.45) is 5.10 Å². The maximum Gasteiger partial charge on any atom is 0.275 e. The van der Waals surface area contributed by atoms with Gasteiger partial charge in [-0.05, 0) is 43.3 Å². The Labute approximate surface area is 136 Å². The van der Waals surface area contributed by atoms with E-state index in [0.717, 1.165) is 6.07 Å². The molecule has 114 valence electrons. The van der Waals surface area contributed by atoms with Gasteiger partial charge in [0.2, 0.25) is 0 Å². The third-order valence-electron chi connectivity index (χ3n) is 2.85. The minimum Gasteiger partial charge on any atom is -0.507 e. The fraction of sp³-hybridized carbons (Fsp3) is 0.0667. The maximum absolute atomic E-state index is 13.0. The summed E-state index contributed by atoms with van der Waals surface area (Å²) in [5, 5.41) is 14.0. The number of aromatic hydroxyl groups is 1. The minimum atomic E-state index is -0.627. The van der Waals surface area contributed by atoms with Crippen LogP contribution < -0.4 is 5.43 Å². The number of phenolic OH excluding ortho intramolecular Hbond substituents is 1. The molecular weight excluding hydrogens is 330 g/mol. The number of rotatable bonds is 3. The molecule has 0 aromatic heterocycles. The molecule has 0 bridgehead atoms. The summed E-state index contributed by atoms with van der Waals surface area (Å²) in [6.07, 6.45) is 0. The average molecular weight is 341 g/mol. The molecule has 0 aliphatic heterocycles. The topological polar surface area (TPSA) is 61.7 Å². The van der Waals surface area contributed by atoms with E-state index >= 15 is 0 Å². The lowest BCUT2D eigenvalue weighted by atomic mass is 10.1. The first-order valence-corrected chi connectivity index (χ1v) is 6.92. The Morgan fingerprint density at radius 3 is 2.59 bits per heavy atom. The lowest BCUT2D eigenvalue weighted by Crippen LogP contribution is -2.19. The molecule has 0 fully saturated rings. The largest absolute Gasteiger partial charge is 0.507 e. The lowest BCUT2D eigenvalue weighted by molar-refractivity contribution is 0.0952. The molecule has 0 aliphatic rings. The van der Waals surface area contributed by atoms with Crippen molar-refractivity contribution in [1.29, 1.82) is 0 Å². The van der Waals surface area contributed by atoms with Crippen molar-refractivity contribution in [2.45, 2.75) is 6.92 Å². The smallest absolute Gasteiger partial charge is 0.275 e. The molecule has 0 radical (unpaired) electrons. The first kappa shape index (κ1) is 16.3. The first-order valence-electron chi connectivity index (χ1n) is 6.17. The summed E-state index contributed by atoms with van der Waals surface area (Å²) in [7, 11) is 0. The van der Waals surface area contributed by atoms with Crippen LogP contribution >= 0.6 is 23.2 Å². The molecule has 2 rings (SSSR count). The molecule has 0 spiro atoms. The summed E-state index contributed by atoms with van der Waals surface area (Å²) in [6, 6.07) is 7.94. The van der Waals surface area contributed by atoms with E-state index in [2.05, 4.69) is 10.5 Å². The van der Waals surface area contributed by atoms with Crippen LogP contribution in [0.25, 0.3) is 0 Å². The summed E-state index contributed by atoms with van der Waals surface area (Å²) in [4.78, 5) is 12.0. The van der Waals surface area contributed by atoms with Crippen LogP contribution in [0.2, 0.25) is 10.0 Å². The van der Waals surface area contributed by atoms with Gasteiger partial charge in [0.1, 0.15) is 11.6 Å². The molecule has 2 aromatic rings. The Morgan fingerprint density at radius 1 is 1.18 bits per heavy atom. The van der Waals surface area contributed by atoms with Crippen LogP contribution in [0.15, 0.2) is 41.5 Å². The molecule has 7 heteroatoms. The maximum atomic E-state index is 13.0. The number of benzene rings is 2. The molecule has 0 heterocycles. The summed E-state index contributed by atoms with van der Waals surface area (Å²) >= 11 is 11.7. The van der Waals surface area contributed by atoms with Gasteiger partial charge >= 0.3 is 0 Å². The molecule has 0 atom stereocenters. The molecule has 0 saturated heterocycles. The Balaban J connectivity index is 2.20. The van der Waals surface area contributed by atoms with E-state index in [1.54, 1.807) is 6.92 Å². The van der Waals surface area contributed by atoms with E-state index in [1.807, 2.05) is 0 Å². The zero-order chi connectivity index (χ0) is 16.3. The molecule has 0 saturated carbocycles. The number of nitrogens with one attached hydrogen (secondary N) is 1. The zero-order valence-electron chi connectivity index (χ0n) is 11.4. The van der Waals surface area contributed by atoms with Crippen LogP contribution in [0.1, 0.15) is 22.8 Å². The van der Waals surface area contributed by atoms with Crippen LogP contribution in [-0.2, 0) is 0 Å². The summed E-state index contributed by atoms with van der Waals surface area (Å²) in [5.74, 6) is -1.30. The van der Waals surface area contributed by atoms with Crippen LogP contribution in [0.4, 0.5) is 4.39 Å². The van der Waals surface area contributed by atoms with Crippen LogP contribution in [0.3, 0.4) is 0 Å². The van der Waals surface area contributed by atoms with E-state index in [1.165, 1.54) is 30.3 Å². The number of hydrogen-bond acceptors (Lipinski definition) is 3. The van der Waals surface area contributed by atoms with Crippen molar-refractivity contribution >= 4 is 34.8 Å². The highest BCUT2D eigenvalue weighted by atomic mass is 35.5. The predicted octanol–water partition coefficient (Wildman–Crippen LogP) is 3.99. The number of halogens is 3. The van der Waals surface area contributed by atoms with Gasteiger partial charge in [-0.25, -0.2) is 9.82 Å². The normalized spacial score (nSPS) is 11.4. The van der Waals surface area contributed by atoms with Gasteiger partial charge in [-0.15, -0.1) is 0 Å². The quantitative estimate of drug-likeness (QED) is 0.655. The molecule has 4 nitrogen and oxygen atoms in total. The van der Waals surface area contributed by atoms with E-state index < -0.39 is 11.7 Å². The highest BCUT2D eigenvalue weighted by Gasteiger charge is 2.12. The van der Waals surface area contributed by atoms with E-state index in [0.29, 0.717) is 16.3 Å². The van der Waals surface area contributed by atoms with Gasteiger partial charge in [-0.3, -0.25) is 4.79 Å². The Hall–Kier alpha value is -2.11. The van der Waals surface area contributed by atoms with Crippen molar-refractivity contribution in [2.75, 3.05) is 0 Å². The van der Waals surface area contributed by atoms with Crippen molar-refractivity contribution in [3.63, 3.8) is 0 Å². The molecule has 2 N–H and O–H groups in total. The summed E-state index contributed by atoms with van der Waals surface area (Å²) in [5.41, 5.74) is 3.15. The van der Waals surface area contributed by atoms with E-state index in [9.17, 15) is 14.3 Å². The molecule has 0 aliphatic carbocycles. The van der Waals surface area contributed by atoms with Crippen molar-refractivity contribution < 1.29 is 14.3 Å². The average Bonchev–Trinajstić information content (AvgIpc) is 2.47. The predicted molar refractivity (Wildman–Crippen MR) is 84.2 cm³/mol. The van der Waals surface area contributed by atoms with Crippen LogP contribution in [0.5, 0.6) is 5.75 Å². The number of hydrazone groups is 1. The van der Waals surface area contributed by atoms with Gasteiger partial charge in [0.25, 0.3) is 5.91 Å². The van der Waals surface area contributed by atoms with Gasteiger partial charge in [0, 0.05) is 10.6 Å². The standard InChI is InChI=1S/C15H11Cl2FN2O2/c1-8(11-4-3-10(18)7-13(11)17)19-20-15(22)12-6-9(16)2-5-14(12)21/h2-7,21H,1H3,(H,20,22)/b19-8-. The lowest BCUT2D eigenvalue weighted by Gasteiger charge is -2.06. The number of phenols is 1. The third-order valence-corrected chi connectivity index (χ3v) is 3.40. The minimum absolute atomic E-state index is 0.00532. The van der Waals surface area contributed by atoms with E-state index in [-0.39, 0.29) is 16.3 Å². The monoisotopic (exact) mass is 340 g/mol. The fourth-order valence-electron chi connectivity index (χ4n) is 1.73. The van der Waals surface area contributed by atoms with Crippen LogP contribution in [0, 0.1) is 5.82 Å². The van der Waals surface area contributed by atoms with Crippen molar-refractivity contribution in [3.8, 4) is 5.75 Å². The van der Waals surface area contributed by atoms with Gasteiger partial charge in [0.05, 0.1) is 16.3 Å². The number of carbonyl (C=O) groups is 1. The second kappa shape index (κ2) is 6.77. The molecule has 1 amide bonds. The highest BCUT2D eigenvalue weighted by molar-refractivity contribution is 6.34. The number of nitrogens with zero attached hydrogens (tertiary/aromatic N) is 1. The third kappa shape index (κ3) is 3.75. The SMILES string of the molecule is C/C(=N/NC(=O)c1cc(Cl)ccc1O)c1ccc(F)cc1Cl. The van der Waals surface area contributed by atoms with Crippen molar-refractivity contribution in [3.05, 3.63) is 63.4 Å². The Bertz CT molecular complexity index is 763. The van der Waals surface area contributed by atoms with Gasteiger partial charge in [-0.1, -0.05) is 23.2 Å².